The molecule has 0 saturated carbocycles. The van der Waals surface area contributed by atoms with Gasteiger partial charge in [-0.05, 0) is 24.1 Å². The fourth-order valence-corrected chi connectivity index (χ4v) is 1.82. The highest BCUT2D eigenvalue weighted by Crippen LogP contribution is 2.22. The highest BCUT2D eigenvalue weighted by Gasteiger charge is 2.14. The van der Waals surface area contributed by atoms with E-state index < -0.39 is 0 Å². The molecule has 1 aliphatic heterocycles. The number of anilines is 1. The van der Waals surface area contributed by atoms with E-state index >= 15 is 0 Å². The third-order valence-electron chi connectivity index (χ3n) is 2.77. The first-order valence-electron chi connectivity index (χ1n) is 5.42. The van der Waals surface area contributed by atoms with Gasteiger partial charge in [-0.2, -0.15) is 0 Å². The molecule has 2 nitrogen and oxygen atoms in total. The van der Waals surface area contributed by atoms with Gasteiger partial charge in [0.05, 0.1) is 18.9 Å². The Bertz CT molecular complexity index is 334. The molecule has 0 radical (unpaired) electrons. The fraction of sp³-hybridized carbons (Fsp3) is 0.500. The van der Waals surface area contributed by atoms with Crippen molar-refractivity contribution in [3.63, 3.8) is 0 Å². The fourth-order valence-electron chi connectivity index (χ4n) is 1.82. The lowest BCUT2D eigenvalue weighted by atomic mass is 10.1. The van der Waals surface area contributed by atoms with Crippen LogP contribution in [-0.4, -0.2) is 26.3 Å². The van der Waals surface area contributed by atoms with E-state index in [9.17, 15) is 4.39 Å². The third kappa shape index (κ3) is 2.29. The summed E-state index contributed by atoms with van der Waals surface area (Å²) >= 11 is 0. The molecule has 2 rings (SSSR count). The minimum Gasteiger partial charge on any atom is -0.378 e. The monoisotopic (exact) mass is 209 g/mol. The van der Waals surface area contributed by atoms with E-state index in [2.05, 4.69) is 11.8 Å². The van der Waals surface area contributed by atoms with Gasteiger partial charge in [-0.25, -0.2) is 4.39 Å². The second kappa shape index (κ2) is 4.62. The highest BCUT2D eigenvalue weighted by atomic mass is 19.1. The number of benzene rings is 1. The van der Waals surface area contributed by atoms with E-state index in [1.165, 1.54) is 5.56 Å². The van der Waals surface area contributed by atoms with Gasteiger partial charge in [0.15, 0.2) is 0 Å². The van der Waals surface area contributed by atoms with E-state index in [1.54, 1.807) is 6.07 Å². The molecule has 82 valence electrons. The molecule has 1 saturated heterocycles. The first-order chi connectivity index (χ1) is 7.31. The predicted octanol–water partition coefficient (Wildman–Crippen LogP) is 2.22. The lowest BCUT2D eigenvalue weighted by molar-refractivity contribution is 0.122. The van der Waals surface area contributed by atoms with Crippen LogP contribution in [0.25, 0.3) is 0 Å². The number of ether oxygens (including phenoxy) is 1. The lowest BCUT2D eigenvalue weighted by Crippen LogP contribution is -2.36. The molecule has 0 spiro atoms. The van der Waals surface area contributed by atoms with Crippen molar-refractivity contribution in [2.75, 3.05) is 31.2 Å². The lowest BCUT2D eigenvalue weighted by Gasteiger charge is -2.29. The summed E-state index contributed by atoms with van der Waals surface area (Å²) in [5.41, 5.74) is 1.90. The Balaban J connectivity index is 2.24. The van der Waals surface area contributed by atoms with Crippen LogP contribution in [0.15, 0.2) is 18.2 Å². The largest absolute Gasteiger partial charge is 0.378 e. The maximum Gasteiger partial charge on any atom is 0.146 e. The van der Waals surface area contributed by atoms with Crippen molar-refractivity contribution < 1.29 is 9.13 Å². The summed E-state index contributed by atoms with van der Waals surface area (Å²) in [4.78, 5) is 2.05. The molecule has 0 bridgehead atoms. The van der Waals surface area contributed by atoms with Crippen molar-refractivity contribution in [2.45, 2.75) is 13.3 Å². The molecule has 1 aliphatic rings. The molecule has 0 unspecified atom stereocenters. The number of halogens is 1. The molecule has 15 heavy (non-hydrogen) atoms. The van der Waals surface area contributed by atoms with Gasteiger partial charge in [0, 0.05) is 13.1 Å². The molecule has 1 heterocycles. The minimum atomic E-state index is -0.130. The normalized spacial score (nSPS) is 16.8. The van der Waals surface area contributed by atoms with Crippen LogP contribution in [0.4, 0.5) is 10.1 Å². The summed E-state index contributed by atoms with van der Waals surface area (Å²) in [6, 6.07) is 5.35. The van der Waals surface area contributed by atoms with Crippen LogP contribution in [0, 0.1) is 5.82 Å². The number of hydrogen-bond acceptors (Lipinski definition) is 2. The topological polar surface area (TPSA) is 12.5 Å². The van der Waals surface area contributed by atoms with Crippen LogP contribution >= 0.6 is 0 Å². The molecule has 1 fully saturated rings. The number of hydrogen-bond donors (Lipinski definition) is 0. The van der Waals surface area contributed by atoms with E-state index in [0.717, 1.165) is 25.2 Å². The van der Waals surface area contributed by atoms with Crippen molar-refractivity contribution in [2.24, 2.45) is 0 Å². The molecule has 1 aromatic rings. The van der Waals surface area contributed by atoms with Crippen LogP contribution in [0.2, 0.25) is 0 Å². The Morgan fingerprint density at radius 2 is 2.07 bits per heavy atom. The highest BCUT2D eigenvalue weighted by molar-refractivity contribution is 5.50. The van der Waals surface area contributed by atoms with Crippen molar-refractivity contribution in [1.82, 2.24) is 0 Å². The molecular formula is C12H16FNO. The van der Waals surface area contributed by atoms with Gasteiger partial charge in [-0.1, -0.05) is 13.0 Å². The van der Waals surface area contributed by atoms with Crippen molar-refractivity contribution in [3.05, 3.63) is 29.6 Å². The molecule has 0 aromatic heterocycles. The van der Waals surface area contributed by atoms with Gasteiger partial charge in [0.1, 0.15) is 5.82 Å². The standard InChI is InChI=1S/C12H16FNO/c1-2-10-3-4-11(13)12(9-10)14-5-7-15-8-6-14/h3-4,9H,2,5-8H2,1H3. The van der Waals surface area contributed by atoms with Gasteiger partial charge in [-0.15, -0.1) is 0 Å². The van der Waals surface area contributed by atoms with E-state index in [4.69, 9.17) is 4.74 Å². The zero-order valence-electron chi connectivity index (χ0n) is 9.00. The summed E-state index contributed by atoms with van der Waals surface area (Å²) in [7, 11) is 0. The quantitative estimate of drug-likeness (QED) is 0.740. The number of morpholine rings is 1. The average Bonchev–Trinajstić information content (AvgIpc) is 2.31. The summed E-state index contributed by atoms with van der Waals surface area (Å²) in [6.45, 7) is 5.02. The van der Waals surface area contributed by atoms with Crippen molar-refractivity contribution in [1.29, 1.82) is 0 Å². The second-order valence-corrected chi connectivity index (χ2v) is 3.74. The van der Waals surface area contributed by atoms with E-state index in [-0.39, 0.29) is 5.82 Å². The Hall–Kier alpha value is -1.09. The van der Waals surface area contributed by atoms with Crippen molar-refractivity contribution >= 4 is 5.69 Å². The van der Waals surface area contributed by atoms with Gasteiger partial charge in [0.2, 0.25) is 0 Å². The molecule has 0 atom stereocenters. The molecule has 0 aliphatic carbocycles. The number of aryl methyl sites for hydroxylation is 1. The van der Waals surface area contributed by atoms with E-state index in [1.807, 2.05) is 12.1 Å². The average molecular weight is 209 g/mol. The molecule has 3 heteroatoms. The predicted molar refractivity (Wildman–Crippen MR) is 58.8 cm³/mol. The Morgan fingerprint density at radius 3 is 2.73 bits per heavy atom. The molecule has 0 N–H and O–H groups in total. The zero-order valence-corrected chi connectivity index (χ0v) is 9.00. The summed E-state index contributed by atoms with van der Waals surface area (Å²) in [5.74, 6) is -0.130. The first-order valence-corrected chi connectivity index (χ1v) is 5.42. The summed E-state index contributed by atoms with van der Waals surface area (Å²) in [6.07, 6.45) is 0.942. The van der Waals surface area contributed by atoms with Crippen molar-refractivity contribution in [3.8, 4) is 0 Å². The van der Waals surface area contributed by atoms with Crippen LogP contribution < -0.4 is 4.90 Å². The Morgan fingerprint density at radius 1 is 1.33 bits per heavy atom. The smallest absolute Gasteiger partial charge is 0.146 e. The first kappa shape index (κ1) is 10.4. The third-order valence-corrected chi connectivity index (χ3v) is 2.77. The molecule has 0 amide bonds. The Kier molecular flexibility index (Phi) is 3.21. The van der Waals surface area contributed by atoms with Gasteiger partial charge >= 0.3 is 0 Å². The summed E-state index contributed by atoms with van der Waals surface area (Å²) in [5, 5.41) is 0. The SMILES string of the molecule is CCc1ccc(F)c(N2CCOCC2)c1. The van der Waals surface area contributed by atoms with Gasteiger partial charge in [0.25, 0.3) is 0 Å². The number of rotatable bonds is 2. The second-order valence-electron chi connectivity index (χ2n) is 3.74. The van der Waals surface area contributed by atoms with Gasteiger partial charge in [-0.3, -0.25) is 0 Å². The van der Waals surface area contributed by atoms with Crippen LogP contribution in [0.3, 0.4) is 0 Å². The zero-order chi connectivity index (χ0) is 10.7. The van der Waals surface area contributed by atoms with Crippen LogP contribution in [0.5, 0.6) is 0 Å². The minimum absolute atomic E-state index is 0.130. The van der Waals surface area contributed by atoms with E-state index in [0.29, 0.717) is 13.2 Å². The number of nitrogens with zero attached hydrogens (tertiary/aromatic N) is 1. The summed E-state index contributed by atoms with van der Waals surface area (Å²) < 4.78 is 18.9. The molecular weight excluding hydrogens is 193 g/mol. The maximum absolute atomic E-state index is 13.6. The Labute approximate surface area is 89.7 Å². The van der Waals surface area contributed by atoms with Gasteiger partial charge < -0.3 is 9.64 Å². The van der Waals surface area contributed by atoms with Crippen LogP contribution in [0.1, 0.15) is 12.5 Å². The molecule has 1 aromatic carbocycles. The van der Waals surface area contributed by atoms with Crippen LogP contribution in [-0.2, 0) is 11.2 Å². The maximum atomic E-state index is 13.6.